The van der Waals surface area contributed by atoms with Gasteiger partial charge in [-0.1, -0.05) is 12.8 Å². The molecule has 0 fully saturated rings. The van der Waals surface area contributed by atoms with E-state index in [0.29, 0.717) is 17.0 Å². The fourth-order valence-corrected chi connectivity index (χ4v) is 2.38. The van der Waals surface area contributed by atoms with Gasteiger partial charge in [0.25, 0.3) is 11.8 Å². The third kappa shape index (κ3) is 7.13. The number of amides is 4. The highest BCUT2D eigenvalue weighted by Gasteiger charge is 2.12. The van der Waals surface area contributed by atoms with Crippen molar-refractivity contribution < 1.29 is 28.7 Å². The van der Waals surface area contributed by atoms with Gasteiger partial charge in [-0.25, -0.2) is 9.59 Å². The Morgan fingerprint density at radius 1 is 0.900 bits per heavy atom. The Morgan fingerprint density at radius 3 is 2.00 bits per heavy atom. The molecule has 0 radical (unpaired) electrons. The normalized spacial score (nSPS) is 10.1. The molecule has 2 rings (SSSR count). The lowest BCUT2D eigenvalue weighted by Crippen LogP contribution is -2.34. The Balaban J connectivity index is 1.85. The molecule has 30 heavy (non-hydrogen) atoms. The summed E-state index contributed by atoms with van der Waals surface area (Å²) in [6, 6.07) is 11.2. The molecular formula is C20H21N3O6S. The first-order chi connectivity index (χ1) is 14.3. The van der Waals surface area contributed by atoms with E-state index in [4.69, 9.17) is 9.47 Å². The van der Waals surface area contributed by atoms with Crippen LogP contribution in [-0.4, -0.2) is 36.5 Å². The first kappa shape index (κ1) is 22.8. The molecule has 2 aromatic rings. The van der Waals surface area contributed by atoms with Crippen LogP contribution in [0.15, 0.2) is 48.5 Å². The third-order valence-electron chi connectivity index (χ3n) is 3.57. The lowest BCUT2D eigenvalue weighted by molar-refractivity contribution is -0.149. The van der Waals surface area contributed by atoms with E-state index in [2.05, 4.69) is 28.2 Å². The van der Waals surface area contributed by atoms with Crippen molar-refractivity contribution in [3.63, 3.8) is 0 Å². The van der Waals surface area contributed by atoms with Gasteiger partial charge in [0.2, 0.25) is 0 Å². The lowest BCUT2D eigenvalue weighted by atomic mass is 10.1. The number of ether oxygens (including phenoxy) is 2. The van der Waals surface area contributed by atoms with Crippen molar-refractivity contribution in [2.24, 2.45) is 0 Å². The first-order valence-electron chi connectivity index (χ1n) is 8.87. The van der Waals surface area contributed by atoms with E-state index >= 15 is 0 Å². The number of carbonyl (C=O) groups excluding carboxylic acids is 4. The van der Waals surface area contributed by atoms with Crippen molar-refractivity contribution in [1.82, 2.24) is 10.0 Å². The standard InChI is InChI=1S/C20H21N3O6S/c1-12(2)29-17(24)11-28-16-9-7-15(8-10-16)21-20(27)22-18(25)13-3-5-14(6-4-13)19(26)23-30/h3-10,12,30H,11H2,1-2H3,(H,23,26)(H2,21,22,25,27). The Morgan fingerprint density at radius 2 is 1.47 bits per heavy atom. The first-order valence-corrected chi connectivity index (χ1v) is 9.32. The summed E-state index contributed by atoms with van der Waals surface area (Å²) < 4.78 is 12.4. The van der Waals surface area contributed by atoms with Gasteiger partial charge in [-0.15, -0.1) is 0 Å². The highest BCUT2D eigenvalue weighted by molar-refractivity contribution is 7.78. The number of thiol groups is 1. The molecule has 0 aliphatic carbocycles. The molecule has 9 nitrogen and oxygen atoms in total. The van der Waals surface area contributed by atoms with Crippen LogP contribution in [-0.2, 0) is 9.53 Å². The second-order valence-corrected chi connectivity index (χ2v) is 6.50. The van der Waals surface area contributed by atoms with Crippen LogP contribution >= 0.6 is 12.8 Å². The van der Waals surface area contributed by atoms with Gasteiger partial charge < -0.3 is 14.8 Å². The van der Waals surface area contributed by atoms with Gasteiger partial charge in [0, 0.05) is 16.8 Å². The van der Waals surface area contributed by atoms with E-state index in [-0.39, 0.29) is 18.3 Å². The molecule has 158 valence electrons. The predicted octanol–water partition coefficient (Wildman–Crippen LogP) is 2.55. The van der Waals surface area contributed by atoms with E-state index in [1.165, 1.54) is 24.3 Å². The number of hydrogen-bond acceptors (Lipinski definition) is 7. The van der Waals surface area contributed by atoms with Crippen molar-refractivity contribution in [1.29, 1.82) is 0 Å². The Kier molecular flexibility index (Phi) is 8.24. The van der Waals surface area contributed by atoms with Gasteiger partial charge >= 0.3 is 12.0 Å². The van der Waals surface area contributed by atoms with Crippen molar-refractivity contribution in [3.05, 3.63) is 59.7 Å². The van der Waals surface area contributed by atoms with Crippen LogP contribution in [0, 0.1) is 0 Å². The maximum atomic E-state index is 12.1. The van der Waals surface area contributed by atoms with Gasteiger partial charge in [-0.05, 0) is 62.4 Å². The van der Waals surface area contributed by atoms with E-state index in [9.17, 15) is 19.2 Å². The summed E-state index contributed by atoms with van der Waals surface area (Å²) in [4.78, 5) is 47.0. The average molecular weight is 431 g/mol. The molecule has 0 heterocycles. The molecule has 10 heteroatoms. The van der Waals surface area contributed by atoms with Crippen molar-refractivity contribution in [3.8, 4) is 5.75 Å². The maximum absolute atomic E-state index is 12.1. The molecule has 0 saturated heterocycles. The minimum atomic E-state index is -0.730. The maximum Gasteiger partial charge on any atom is 0.344 e. The molecule has 0 atom stereocenters. The molecule has 0 aliphatic heterocycles. The zero-order chi connectivity index (χ0) is 22.1. The van der Waals surface area contributed by atoms with E-state index < -0.39 is 23.8 Å². The number of anilines is 1. The molecule has 0 aliphatic rings. The zero-order valence-corrected chi connectivity index (χ0v) is 17.2. The molecule has 0 aromatic heterocycles. The van der Waals surface area contributed by atoms with Gasteiger partial charge in [0.15, 0.2) is 6.61 Å². The number of benzene rings is 2. The van der Waals surface area contributed by atoms with Crippen LogP contribution in [0.3, 0.4) is 0 Å². The third-order valence-corrected chi connectivity index (χ3v) is 3.78. The van der Waals surface area contributed by atoms with Crippen molar-refractivity contribution >= 4 is 42.3 Å². The number of imide groups is 1. The number of hydrogen-bond donors (Lipinski definition) is 4. The van der Waals surface area contributed by atoms with E-state index in [1.807, 2.05) is 0 Å². The largest absolute Gasteiger partial charge is 0.482 e. The highest BCUT2D eigenvalue weighted by atomic mass is 32.1. The van der Waals surface area contributed by atoms with Gasteiger partial charge in [-0.3, -0.25) is 19.6 Å². The SMILES string of the molecule is CC(C)OC(=O)COc1ccc(NC(=O)NC(=O)c2ccc(C(=O)NS)cc2)cc1. The number of rotatable bonds is 7. The van der Waals surface area contributed by atoms with Crippen LogP contribution in [0.2, 0.25) is 0 Å². The molecule has 0 bridgehead atoms. The van der Waals surface area contributed by atoms with E-state index in [1.54, 1.807) is 38.1 Å². The van der Waals surface area contributed by atoms with Crippen LogP contribution in [0.5, 0.6) is 5.75 Å². The summed E-state index contributed by atoms with van der Waals surface area (Å²) in [6.45, 7) is 3.25. The quantitative estimate of drug-likeness (QED) is 0.395. The Labute approximate surface area is 178 Å². The summed E-state index contributed by atoms with van der Waals surface area (Å²) in [6.07, 6.45) is -0.223. The summed E-state index contributed by atoms with van der Waals surface area (Å²) in [5, 5.41) is 4.69. The second-order valence-electron chi connectivity index (χ2n) is 6.28. The molecule has 0 unspecified atom stereocenters. The summed E-state index contributed by atoms with van der Waals surface area (Å²) in [7, 11) is 0. The number of carbonyl (C=O) groups is 4. The smallest absolute Gasteiger partial charge is 0.344 e. The summed E-state index contributed by atoms with van der Waals surface area (Å²) in [5.74, 6) is -1.10. The molecule has 0 spiro atoms. The summed E-state index contributed by atoms with van der Waals surface area (Å²) >= 11 is 3.66. The van der Waals surface area contributed by atoms with Crippen LogP contribution in [0.1, 0.15) is 34.6 Å². The molecular weight excluding hydrogens is 410 g/mol. The minimum absolute atomic E-state index is 0.206. The van der Waals surface area contributed by atoms with Crippen molar-refractivity contribution in [2.75, 3.05) is 11.9 Å². The lowest BCUT2D eigenvalue weighted by Gasteiger charge is -2.10. The fourth-order valence-electron chi connectivity index (χ4n) is 2.25. The minimum Gasteiger partial charge on any atom is -0.482 e. The van der Waals surface area contributed by atoms with Gasteiger partial charge in [0.05, 0.1) is 6.10 Å². The Bertz CT molecular complexity index is 913. The average Bonchev–Trinajstić information content (AvgIpc) is 2.72. The fraction of sp³-hybridized carbons (Fsp3) is 0.200. The van der Waals surface area contributed by atoms with E-state index in [0.717, 1.165) is 0 Å². The molecule has 0 saturated carbocycles. The number of nitrogens with one attached hydrogen (secondary N) is 3. The Hall–Kier alpha value is -3.53. The number of esters is 1. The van der Waals surface area contributed by atoms with Crippen LogP contribution < -0.4 is 20.1 Å². The summed E-state index contributed by atoms with van der Waals surface area (Å²) in [5.41, 5.74) is 0.946. The highest BCUT2D eigenvalue weighted by Crippen LogP contribution is 2.16. The second kappa shape index (κ2) is 10.9. The van der Waals surface area contributed by atoms with Crippen LogP contribution in [0.4, 0.5) is 10.5 Å². The van der Waals surface area contributed by atoms with Gasteiger partial charge in [-0.2, -0.15) is 0 Å². The molecule has 3 N–H and O–H groups in total. The predicted molar refractivity (Wildman–Crippen MR) is 113 cm³/mol. The topological polar surface area (TPSA) is 123 Å². The zero-order valence-electron chi connectivity index (χ0n) is 16.3. The molecule has 2 aromatic carbocycles. The van der Waals surface area contributed by atoms with Gasteiger partial charge in [0.1, 0.15) is 5.75 Å². The van der Waals surface area contributed by atoms with Crippen LogP contribution in [0.25, 0.3) is 0 Å². The van der Waals surface area contributed by atoms with Crippen molar-refractivity contribution in [2.45, 2.75) is 20.0 Å². The number of urea groups is 1. The monoisotopic (exact) mass is 431 g/mol. The molecule has 4 amide bonds.